The molecule has 39 heavy (non-hydrogen) atoms. The molecule has 0 bridgehead atoms. The predicted octanol–water partition coefficient (Wildman–Crippen LogP) is 2.48. The fourth-order valence-corrected chi connectivity index (χ4v) is 5.22. The van der Waals surface area contributed by atoms with Gasteiger partial charge in [-0.3, -0.25) is 14.5 Å². The molecule has 4 N–H and O–H groups in total. The minimum atomic E-state index is -3.77. The number of fused-ring (bicyclic) bond motifs is 2. The summed E-state index contributed by atoms with van der Waals surface area (Å²) in [6.45, 7) is 0.445. The van der Waals surface area contributed by atoms with E-state index in [0.29, 0.717) is 10.2 Å². The van der Waals surface area contributed by atoms with Gasteiger partial charge in [0.15, 0.2) is 16.6 Å². The summed E-state index contributed by atoms with van der Waals surface area (Å²) in [6.07, 6.45) is -3.20. The molecule has 3 heterocycles. The smallest absolute Gasteiger partial charge is 0.395 e. The summed E-state index contributed by atoms with van der Waals surface area (Å²) >= 11 is 1.02. The molecule has 4 rings (SSSR count). The van der Waals surface area contributed by atoms with Gasteiger partial charge in [-0.2, -0.15) is 0 Å². The summed E-state index contributed by atoms with van der Waals surface area (Å²) in [5.74, 6) is -5.49. The van der Waals surface area contributed by atoms with Crippen molar-refractivity contribution in [2.24, 2.45) is 5.92 Å². The van der Waals surface area contributed by atoms with E-state index in [0.717, 1.165) is 17.4 Å². The maximum absolute atomic E-state index is 15.0. The number of aromatic nitrogens is 1. The Morgan fingerprint density at radius 1 is 1.31 bits per heavy atom. The first-order valence-corrected chi connectivity index (χ1v) is 12.6. The highest BCUT2D eigenvalue weighted by atomic mass is 32.1. The number of carbonyl (C=O) groups excluding carboxylic acids is 2. The normalized spacial score (nSPS) is 22.4. The van der Waals surface area contributed by atoms with Gasteiger partial charge in [0.25, 0.3) is 5.92 Å². The van der Waals surface area contributed by atoms with Crippen LogP contribution in [0.4, 0.5) is 22.7 Å². The Morgan fingerprint density at radius 2 is 2.00 bits per heavy atom. The van der Waals surface area contributed by atoms with Crippen LogP contribution in [0.3, 0.4) is 0 Å². The third-order valence-corrected chi connectivity index (χ3v) is 7.40. The molecule has 2 aliphatic heterocycles. The van der Waals surface area contributed by atoms with Gasteiger partial charge in [0.05, 0.1) is 28.8 Å². The van der Waals surface area contributed by atoms with Crippen molar-refractivity contribution in [2.45, 2.75) is 37.7 Å². The van der Waals surface area contributed by atoms with E-state index < -0.39 is 49.2 Å². The number of aldehydes is 1. The Hall–Kier alpha value is -3.27. The first kappa shape index (κ1) is 28.7. The number of aliphatic hydroxyl groups excluding tert-OH is 2. The Bertz CT molecular complexity index is 1270. The number of ether oxygens (including phenoxy) is 2. The Morgan fingerprint density at radius 3 is 2.64 bits per heavy atom. The minimum absolute atomic E-state index is 0.0173. The number of likely N-dealkylation sites (tertiary alicyclic amines) is 1. The van der Waals surface area contributed by atoms with Gasteiger partial charge in [0.2, 0.25) is 5.91 Å². The molecule has 0 saturated carbocycles. The Kier molecular flexibility index (Phi) is 8.16. The topological polar surface area (TPSA) is 133 Å². The summed E-state index contributed by atoms with van der Waals surface area (Å²) in [4.78, 5) is 30.2. The summed E-state index contributed by atoms with van der Waals surface area (Å²) in [6, 6.07) is 1.73. The average molecular weight is 575 g/mol. The number of aliphatic hydroxyl groups is 2. The van der Waals surface area contributed by atoms with Gasteiger partial charge in [-0.1, -0.05) is 11.3 Å². The number of nitrogens with zero attached hydrogens (tertiary/aromatic N) is 2. The molecule has 0 radical (unpaired) electrons. The van der Waals surface area contributed by atoms with Crippen LogP contribution in [0.1, 0.15) is 13.3 Å². The largest absolute Gasteiger partial charge is 0.586 e. The Balaban J connectivity index is 1.50. The molecule has 2 aliphatic rings. The highest BCUT2D eigenvalue weighted by molar-refractivity contribution is 7.22. The van der Waals surface area contributed by atoms with E-state index in [2.05, 4.69) is 25.1 Å². The molecule has 1 aromatic heterocycles. The van der Waals surface area contributed by atoms with Crippen molar-refractivity contribution in [2.75, 3.05) is 32.1 Å². The number of amides is 1. The third-order valence-electron chi connectivity index (χ3n) is 6.47. The molecule has 0 spiro atoms. The Labute approximate surface area is 223 Å². The second kappa shape index (κ2) is 11.1. The number of hydrogen-bond acceptors (Lipinski definition) is 10. The lowest BCUT2D eigenvalue weighted by atomic mass is 9.85. The van der Waals surface area contributed by atoms with Gasteiger partial charge < -0.3 is 30.3 Å². The molecule has 1 aromatic carbocycles. The van der Waals surface area contributed by atoms with E-state index in [1.165, 1.54) is 25.4 Å². The van der Waals surface area contributed by atoms with Crippen LogP contribution < -0.4 is 20.1 Å². The average Bonchev–Trinajstić information content (AvgIpc) is 3.40. The van der Waals surface area contributed by atoms with Crippen LogP contribution in [0, 0.1) is 5.92 Å². The van der Waals surface area contributed by atoms with Crippen LogP contribution in [0.2, 0.25) is 0 Å². The molecule has 0 aliphatic carbocycles. The van der Waals surface area contributed by atoms with Crippen molar-refractivity contribution in [3.05, 3.63) is 35.6 Å². The fourth-order valence-electron chi connectivity index (χ4n) is 4.34. The van der Waals surface area contributed by atoms with Crippen LogP contribution in [0.15, 0.2) is 35.6 Å². The van der Waals surface area contributed by atoms with E-state index in [1.54, 1.807) is 11.8 Å². The van der Waals surface area contributed by atoms with Gasteiger partial charge in [0, 0.05) is 44.3 Å². The molecule has 2 aromatic rings. The molecule has 3 unspecified atom stereocenters. The van der Waals surface area contributed by atoms with Crippen molar-refractivity contribution in [1.82, 2.24) is 15.2 Å². The second-order valence-electron chi connectivity index (χ2n) is 9.07. The van der Waals surface area contributed by atoms with Gasteiger partial charge in [-0.25, -0.2) is 13.8 Å². The number of rotatable bonds is 9. The molecule has 3 atom stereocenters. The second-order valence-corrected chi connectivity index (χ2v) is 10.1. The zero-order chi connectivity index (χ0) is 28.5. The number of thiazole rings is 1. The third kappa shape index (κ3) is 6.16. The molecule has 1 fully saturated rings. The molecule has 1 saturated heterocycles. The summed E-state index contributed by atoms with van der Waals surface area (Å²) in [5.41, 5.74) is 0.0491. The monoisotopic (exact) mass is 574 g/mol. The van der Waals surface area contributed by atoms with Gasteiger partial charge >= 0.3 is 6.29 Å². The van der Waals surface area contributed by atoms with Crippen LogP contribution >= 0.6 is 11.3 Å². The minimum Gasteiger partial charge on any atom is -0.395 e. The number of halogens is 4. The quantitative estimate of drug-likeness (QED) is 0.154. The van der Waals surface area contributed by atoms with E-state index in [1.807, 2.05) is 0 Å². The summed E-state index contributed by atoms with van der Waals surface area (Å²) < 4.78 is 66.0. The first-order chi connectivity index (χ1) is 18.4. The van der Waals surface area contributed by atoms with Crippen LogP contribution in [0.5, 0.6) is 11.5 Å². The first-order valence-electron chi connectivity index (χ1n) is 11.8. The molecular weight excluding hydrogens is 548 g/mol. The van der Waals surface area contributed by atoms with Crippen molar-refractivity contribution in [1.29, 1.82) is 0 Å². The van der Waals surface area contributed by atoms with Crippen molar-refractivity contribution < 1.29 is 46.8 Å². The zero-order valence-electron chi connectivity index (χ0n) is 20.8. The standard InChI is InChI=1S/C24H26F4N4O6S/c1-12(21(36)31-22-30-16-6-18-19(7-20(16)39-22)38-24(27,28)37-18)32-4-3-23(25,26)15(9-32)13(8-29-2)5-14(10-33)17(35)11-34/h5-8,10,12,15,17,29,34-35H,3-4,9,11H2,1-2H3,(H,30,31,36)/b13-8+,14-5+. The number of allylic oxidation sites excluding steroid dienone is 1. The van der Waals surface area contributed by atoms with E-state index in [9.17, 15) is 23.5 Å². The van der Waals surface area contributed by atoms with E-state index in [-0.39, 0.29) is 47.2 Å². The number of hydrogen-bond donors (Lipinski definition) is 4. The lowest BCUT2D eigenvalue weighted by molar-refractivity contribution is -0.286. The number of nitrogens with one attached hydrogen (secondary N) is 2. The number of carbonyl (C=O) groups is 2. The maximum Gasteiger partial charge on any atom is 0.586 e. The summed E-state index contributed by atoms with van der Waals surface area (Å²) in [5, 5.41) is 24.5. The zero-order valence-corrected chi connectivity index (χ0v) is 21.6. The fraction of sp³-hybridized carbons (Fsp3) is 0.458. The van der Waals surface area contributed by atoms with Gasteiger partial charge in [0.1, 0.15) is 12.4 Å². The van der Waals surface area contributed by atoms with Gasteiger partial charge in [-0.05, 0) is 24.8 Å². The molecule has 15 heteroatoms. The molecule has 212 valence electrons. The lowest BCUT2D eigenvalue weighted by Crippen LogP contribution is -2.53. The number of anilines is 1. The van der Waals surface area contributed by atoms with Crippen LogP contribution in [0.25, 0.3) is 10.2 Å². The van der Waals surface area contributed by atoms with Crippen molar-refractivity contribution in [3.63, 3.8) is 0 Å². The summed E-state index contributed by atoms with van der Waals surface area (Å²) in [7, 11) is 1.49. The lowest BCUT2D eigenvalue weighted by Gasteiger charge is -2.41. The van der Waals surface area contributed by atoms with Crippen molar-refractivity contribution >= 4 is 38.9 Å². The highest BCUT2D eigenvalue weighted by Crippen LogP contribution is 2.45. The van der Waals surface area contributed by atoms with Gasteiger partial charge in [-0.15, -0.1) is 8.78 Å². The van der Waals surface area contributed by atoms with E-state index >= 15 is 8.78 Å². The predicted molar refractivity (Wildman–Crippen MR) is 133 cm³/mol. The highest BCUT2D eigenvalue weighted by Gasteiger charge is 2.47. The van der Waals surface area contributed by atoms with E-state index in [4.69, 9.17) is 5.11 Å². The van der Waals surface area contributed by atoms with Crippen LogP contribution in [-0.4, -0.2) is 83.4 Å². The molecule has 10 nitrogen and oxygen atoms in total. The molecule has 1 amide bonds. The van der Waals surface area contributed by atoms with Crippen molar-refractivity contribution in [3.8, 4) is 11.5 Å². The maximum atomic E-state index is 15.0. The number of alkyl halides is 4. The molecular formula is C24H26F4N4O6S. The SMILES string of the molecule is CN/C=C(\C=C(/C=O)C(O)CO)C1CN(C(C)C(=O)Nc2nc3cc4c(cc3s2)OC(F)(F)O4)CCC1(F)F. The van der Waals surface area contributed by atoms with Crippen LogP contribution in [-0.2, 0) is 9.59 Å². The number of piperidine rings is 1. The number of benzene rings is 1.